The molecule has 1 heterocycles. The molecule has 0 bridgehead atoms. The van der Waals surface area contributed by atoms with Crippen molar-refractivity contribution in [1.82, 2.24) is 9.78 Å². The van der Waals surface area contributed by atoms with Crippen molar-refractivity contribution in [2.24, 2.45) is 7.05 Å². The Kier molecular flexibility index (Phi) is 3.69. The second kappa shape index (κ2) is 4.94. The standard InChI is InChI=1S/C13H15BrClN3/c1-7(2)11-12(17-18(3)13(11)16)9-5-4-8(15)6-10(9)14/h4-7H,16H2,1-3H3. The van der Waals surface area contributed by atoms with Crippen LogP contribution in [0, 0.1) is 0 Å². The summed E-state index contributed by atoms with van der Waals surface area (Å²) in [5, 5.41) is 5.21. The van der Waals surface area contributed by atoms with E-state index >= 15 is 0 Å². The van der Waals surface area contributed by atoms with Crippen LogP contribution in [0.5, 0.6) is 0 Å². The Morgan fingerprint density at radius 2 is 2.06 bits per heavy atom. The Bertz CT molecular complexity index is 590. The minimum Gasteiger partial charge on any atom is -0.384 e. The second-order valence-corrected chi connectivity index (χ2v) is 5.84. The van der Waals surface area contributed by atoms with Gasteiger partial charge in [-0.3, -0.25) is 4.68 Å². The Balaban J connectivity index is 2.67. The third kappa shape index (κ3) is 2.27. The zero-order chi connectivity index (χ0) is 13.4. The summed E-state index contributed by atoms with van der Waals surface area (Å²) in [5.74, 6) is 1.03. The van der Waals surface area contributed by atoms with Crippen LogP contribution in [-0.2, 0) is 7.05 Å². The largest absolute Gasteiger partial charge is 0.384 e. The van der Waals surface area contributed by atoms with Gasteiger partial charge in [0, 0.05) is 27.7 Å². The monoisotopic (exact) mass is 327 g/mol. The molecule has 96 valence electrons. The van der Waals surface area contributed by atoms with Crippen LogP contribution in [0.4, 0.5) is 5.82 Å². The summed E-state index contributed by atoms with van der Waals surface area (Å²) in [6.07, 6.45) is 0. The van der Waals surface area contributed by atoms with Gasteiger partial charge in [-0.25, -0.2) is 0 Å². The normalized spacial score (nSPS) is 11.2. The third-order valence-corrected chi connectivity index (χ3v) is 3.78. The van der Waals surface area contributed by atoms with Gasteiger partial charge in [0.05, 0.1) is 5.69 Å². The van der Waals surface area contributed by atoms with E-state index in [-0.39, 0.29) is 0 Å². The van der Waals surface area contributed by atoms with Crippen molar-refractivity contribution in [1.29, 1.82) is 0 Å². The first-order chi connectivity index (χ1) is 8.41. The maximum atomic E-state index is 6.08. The molecule has 0 amide bonds. The fourth-order valence-electron chi connectivity index (χ4n) is 2.00. The number of hydrogen-bond donors (Lipinski definition) is 1. The molecular formula is C13H15BrClN3. The maximum absolute atomic E-state index is 6.08. The Morgan fingerprint density at radius 3 is 2.61 bits per heavy atom. The van der Waals surface area contributed by atoms with Crippen molar-refractivity contribution in [3.05, 3.63) is 33.3 Å². The first-order valence-corrected chi connectivity index (χ1v) is 6.86. The molecule has 5 heteroatoms. The molecule has 0 saturated heterocycles. The van der Waals surface area contributed by atoms with Crippen LogP contribution < -0.4 is 5.73 Å². The number of halogens is 2. The second-order valence-electron chi connectivity index (χ2n) is 4.55. The molecule has 0 saturated carbocycles. The van der Waals surface area contributed by atoms with E-state index in [0.29, 0.717) is 16.8 Å². The number of rotatable bonds is 2. The van der Waals surface area contributed by atoms with Crippen molar-refractivity contribution >= 4 is 33.3 Å². The van der Waals surface area contributed by atoms with Gasteiger partial charge in [-0.1, -0.05) is 47.4 Å². The highest BCUT2D eigenvalue weighted by molar-refractivity contribution is 9.10. The van der Waals surface area contributed by atoms with Gasteiger partial charge in [0.1, 0.15) is 5.82 Å². The fourth-order valence-corrected chi connectivity index (χ4v) is 2.87. The zero-order valence-electron chi connectivity index (χ0n) is 10.5. The molecule has 1 aromatic heterocycles. The molecule has 0 atom stereocenters. The van der Waals surface area contributed by atoms with Crippen LogP contribution in [0.2, 0.25) is 5.02 Å². The van der Waals surface area contributed by atoms with Gasteiger partial charge in [0.2, 0.25) is 0 Å². The van der Waals surface area contributed by atoms with Crippen LogP contribution in [0.1, 0.15) is 25.3 Å². The van der Waals surface area contributed by atoms with Gasteiger partial charge in [-0.15, -0.1) is 0 Å². The maximum Gasteiger partial charge on any atom is 0.125 e. The zero-order valence-corrected chi connectivity index (χ0v) is 12.9. The number of aryl methyl sites for hydroxylation is 1. The first-order valence-electron chi connectivity index (χ1n) is 5.69. The van der Waals surface area contributed by atoms with Gasteiger partial charge >= 0.3 is 0 Å². The summed E-state index contributed by atoms with van der Waals surface area (Å²) in [7, 11) is 1.86. The van der Waals surface area contributed by atoms with Gasteiger partial charge in [-0.05, 0) is 18.1 Å². The predicted octanol–water partition coefficient (Wildman–Crippen LogP) is 4.21. The van der Waals surface area contributed by atoms with Crippen molar-refractivity contribution in [3.63, 3.8) is 0 Å². The lowest BCUT2D eigenvalue weighted by atomic mass is 9.99. The number of hydrogen-bond acceptors (Lipinski definition) is 2. The topological polar surface area (TPSA) is 43.8 Å². The molecule has 2 rings (SSSR count). The molecule has 0 radical (unpaired) electrons. The smallest absolute Gasteiger partial charge is 0.125 e. The quantitative estimate of drug-likeness (QED) is 0.897. The lowest BCUT2D eigenvalue weighted by Crippen LogP contribution is -2.00. The summed E-state index contributed by atoms with van der Waals surface area (Å²) in [5.41, 5.74) is 9.07. The van der Waals surface area contributed by atoms with Crippen LogP contribution >= 0.6 is 27.5 Å². The molecule has 0 aliphatic rings. The van der Waals surface area contributed by atoms with E-state index in [2.05, 4.69) is 34.9 Å². The SMILES string of the molecule is CC(C)c1c(-c2ccc(Cl)cc2Br)nn(C)c1N. The summed E-state index contributed by atoms with van der Waals surface area (Å²) in [6.45, 7) is 4.22. The van der Waals surface area contributed by atoms with Crippen molar-refractivity contribution in [2.75, 3.05) is 5.73 Å². The van der Waals surface area contributed by atoms with Crippen LogP contribution in [0.25, 0.3) is 11.3 Å². The molecule has 0 aliphatic heterocycles. The molecule has 2 N–H and O–H groups in total. The molecule has 0 fully saturated rings. The third-order valence-electron chi connectivity index (χ3n) is 2.89. The fraction of sp³-hybridized carbons (Fsp3) is 0.308. The van der Waals surface area contributed by atoms with Crippen LogP contribution in [0.15, 0.2) is 22.7 Å². The lowest BCUT2D eigenvalue weighted by molar-refractivity contribution is 0.780. The Hall–Kier alpha value is -1.00. The van der Waals surface area contributed by atoms with Crippen LogP contribution in [0.3, 0.4) is 0 Å². The van der Waals surface area contributed by atoms with Crippen molar-refractivity contribution in [2.45, 2.75) is 19.8 Å². The predicted molar refractivity (Wildman–Crippen MR) is 79.9 cm³/mol. The number of nitrogens with zero attached hydrogens (tertiary/aromatic N) is 2. The van der Waals surface area contributed by atoms with Crippen molar-refractivity contribution < 1.29 is 0 Å². The molecule has 0 unspecified atom stereocenters. The van der Waals surface area contributed by atoms with E-state index in [1.807, 2.05) is 25.2 Å². The highest BCUT2D eigenvalue weighted by atomic mass is 79.9. The summed E-state index contributed by atoms with van der Waals surface area (Å²) in [6, 6.07) is 5.68. The molecular weight excluding hydrogens is 314 g/mol. The van der Waals surface area contributed by atoms with Crippen LogP contribution in [-0.4, -0.2) is 9.78 Å². The molecule has 0 spiro atoms. The van der Waals surface area contributed by atoms with E-state index in [9.17, 15) is 0 Å². The molecule has 3 nitrogen and oxygen atoms in total. The molecule has 18 heavy (non-hydrogen) atoms. The molecule has 1 aromatic carbocycles. The van der Waals surface area contributed by atoms with Gasteiger partial charge in [0.15, 0.2) is 0 Å². The van der Waals surface area contributed by atoms with E-state index in [1.165, 1.54) is 0 Å². The van der Waals surface area contributed by atoms with E-state index < -0.39 is 0 Å². The van der Waals surface area contributed by atoms with E-state index in [4.69, 9.17) is 17.3 Å². The highest BCUT2D eigenvalue weighted by Gasteiger charge is 2.19. The number of aromatic nitrogens is 2. The molecule has 2 aromatic rings. The number of benzene rings is 1. The number of nitrogen functional groups attached to an aromatic ring is 1. The average molecular weight is 329 g/mol. The minimum absolute atomic E-state index is 0.316. The van der Waals surface area contributed by atoms with E-state index in [1.54, 1.807) is 4.68 Å². The van der Waals surface area contributed by atoms with Crippen molar-refractivity contribution in [3.8, 4) is 11.3 Å². The summed E-state index contributed by atoms with van der Waals surface area (Å²) >= 11 is 9.49. The van der Waals surface area contributed by atoms with E-state index in [0.717, 1.165) is 21.3 Å². The number of anilines is 1. The van der Waals surface area contributed by atoms with Gasteiger partial charge in [-0.2, -0.15) is 5.10 Å². The first kappa shape index (κ1) is 13.4. The van der Waals surface area contributed by atoms with Gasteiger partial charge in [0.25, 0.3) is 0 Å². The highest BCUT2D eigenvalue weighted by Crippen LogP contribution is 2.37. The number of nitrogens with two attached hydrogens (primary N) is 1. The Labute approximate surface area is 120 Å². The lowest BCUT2D eigenvalue weighted by Gasteiger charge is -2.08. The summed E-state index contributed by atoms with van der Waals surface area (Å²) in [4.78, 5) is 0. The summed E-state index contributed by atoms with van der Waals surface area (Å²) < 4.78 is 2.64. The molecule has 0 aliphatic carbocycles. The Morgan fingerprint density at radius 1 is 1.39 bits per heavy atom. The van der Waals surface area contributed by atoms with Gasteiger partial charge < -0.3 is 5.73 Å². The average Bonchev–Trinajstić information content (AvgIpc) is 2.55. The minimum atomic E-state index is 0.316.